The minimum Gasteiger partial charge on any atom is -0.351 e. The summed E-state index contributed by atoms with van der Waals surface area (Å²) >= 11 is 0. The summed E-state index contributed by atoms with van der Waals surface area (Å²) in [5.74, 6) is -0.326. The van der Waals surface area contributed by atoms with Crippen molar-refractivity contribution in [3.05, 3.63) is 41.5 Å². The van der Waals surface area contributed by atoms with Gasteiger partial charge in [0.05, 0.1) is 5.56 Å². The maximum absolute atomic E-state index is 12.5. The van der Waals surface area contributed by atoms with Gasteiger partial charge < -0.3 is 16.0 Å². The number of primary amides is 1. The molecule has 0 saturated carbocycles. The Balaban J connectivity index is 1.84. The lowest BCUT2D eigenvalue weighted by Crippen LogP contribution is -2.47. The van der Waals surface area contributed by atoms with Crippen molar-refractivity contribution in [1.82, 2.24) is 10.2 Å². The molecule has 0 aliphatic carbocycles. The minimum atomic E-state index is -4.38. The number of halogens is 3. The van der Waals surface area contributed by atoms with Crippen LogP contribution in [0.5, 0.6) is 0 Å². The number of carbonyl (C=O) groups excluding carboxylic acids is 2. The molecule has 0 bridgehead atoms. The Kier molecular flexibility index (Phi) is 5.48. The van der Waals surface area contributed by atoms with E-state index in [-0.39, 0.29) is 11.9 Å². The Morgan fingerprint density at radius 1 is 1.17 bits per heavy atom. The fourth-order valence-electron chi connectivity index (χ4n) is 2.45. The summed E-state index contributed by atoms with van der Waals surface area (Å²) in [6, 6.07) is 4.02. The number of piperidine rings is 1. The molecule has 0 unspecified atom stereocenters. The van der Waals surface area contributed by atoms with Crippen molar-refractivity contribution in [1.29, 1.82) is 0 Å². The van der Waals surface area contributed by atoms with E-state index in [0.29, 0.717) is 31.5 Å². The van der Waals surface area contributed by atoms with Crippen LogP contribution in [0.4, 0.5) is 18.0 Å². The molecule has 1 heterocycles. The summed E-state index contributed by atoms with van der Waals surface area (Å²) in [7, 11) is 0. The number of benzene rings is 1. The van der Waals surface area contributed by atoms with Crippen molar-refractivity contribution in [3.63, 3.8) is 0 Å². The van der Waals surface area contributed by atoms with Crippen molar-refractivity contribution in [2.45, 2.75) is 25.1 Å². The number of hydrogen-bond acceptors (Lipinski definition) is 2. The van der Waals surface area contributed by atoms with Crippen LogP contribution in [-0.4, -0.2) is 36.0 Å². The zero-order chi connectivity index (χ0) is 17.7. The molecule has 130 valence electrons. The molecular formula is C16H18F3N3O2. The molecule has 0 spiro atoms. The van der Waals surface area contributed by atoms with Gasteiger partial charge in [-0.25, -0.2) is 4.79 Å². The van der Waals surface area contributed by atoms with Crippen LogP contribution in [0.3, 0.4) is 0 Å². The normalized spacial score (nSPS) is 16.4. The Bertz CT molecular complexity index is 618. The maximum atomic E-state index is 12.5. The van der Waals surface area contributed by atoms with Gasteiger partial charge in [0.1, 0.15) is 0 Å². The van der Waals surface area contributed by atoms with Crippen LogP contribution < -0.4 is 11.1 Å². The summed E-state index contributed by atoms with van der Waals surface area (Å²) in [6.45, 7) is 0.978. The van der Waals surface area contributed by atoms with Gasteiger partial charge in [-0.05, 0) is 36.6 Å². The number of likely N-dealkylation sites (tertiary alicyclic amines) is 1. The van der Waals surface area contributed by atoms with E-state index < -0.39 is 17.8 Å². The van der Waals surface area contributed by atoms with Gasteiger partial charge in [0.15, 0.2) is 0 Å². The van der Waals surface area contributed by atoms with E-state index in [9.17, 15) is 22.8 Å². The SMILES string of the molecule is NC(=O)N1CCC(NC(=O)C=Cc2ccc(C(F)(F)F)cc2)CC1. The van der Waals surface area contributed by atoms with Crippen LogP contribution in [0.2, 0.25) is 0 Å². The number of nitrogens with two attached hydrogens (primary N) is 1. The van der Waals surface area contributed by atoms with E-state index in [1.807, 2.05) is 0 Å². The number of nitrogens with zero attached hydrogens (tertiary/aromatic N) is 1. The summed E-state index contributed by atoms with van der Waals surface area (Å²) in [5.41, 5.74) is 4.95. The van der Waals surface area contributed by atoms with Gasteiger partial charge in [0.2, 0.25) is 5.91 Å². The second-order valence-corrected chi connectivity index (χ2v) is 5.56. The molecule has 3 N–H and O–H groups in total. The van der Waals surface area contributed by atoms with E-state index in [0.717, 1.165) is 12.1 Å². The Hall–Kier alpha value is -2.51. The van der Waals surface area contributed by atoms with Crippen molar-refractivity contribution < 1.29 is 22.8 Å². The Morgan fingerprint density at radius 3 is 2.25 bits per heavy atom. The van der Waals surface area contributed by atoms with Gasteiger partial charge in [0.25, 0.3) is 0 Å². The number of carbonyl (C=O) groups is 2. The lowest BCUT2D eigenvalue weighted by Gasteiger charge is -2.30. The fraction of sp³-hybridized carbons (Fsp3) is 0.375. The zero-order valence-corrected chi connectivity index (χ0v) is 12.8. The molecule has 5 nitrogen and oxygen atoms in total. The quantitative estimate of drug-likeness (QED) is 0.828. The Labute approximate surface area is 137 Å². The first-order valence-electron chi connectivity index (χ1n) is 7.46. The van der Waals surface area contributed by atoms with E-state index in [1.165, 1.54) is 29.2 Å². The Morgan fingerprint density at radius 2 is 1.75 bits per heavy atom. The highest BCUT2D eigenvalue weighted by atomic mass is 19.4. The number of nitrogens with one attached hydrogen (secondary N) is 1. The average molecular weight is 341 g/mol. The van der Waals surface area contributed by atoms with E-state index in [2.05, 4.69) is 5.32 Å². The lowest BCUT2D eigenvalue weighted by molar-refractivity contribution is -0.137. The second-order valence-electron chi connectivity index (χ2n) is 5.56. The zero-order valence-electron chi connectivity index (χ0n) is 12.8. The predicted octanol–water partition coefficient (Wildman–Crippen LogP) is 2.38. The van der Waals surface area contributed by atoms with Crippen molar-refractivity contribution in [2.24, 2.45) is 5.73 Å². The molecule has 0 aromatic heterocycles. The van der Waals surface area contributed by atoms with Gasteiger partial charge in [-0.3, -0.25) is 4.79 Å². The lowest BCUT2D eigenvalue weighted by atomic mass is 10.1. The number of rotatable bonds is 3. The van der Waals surface area contributed by atoms with Gasteiger partial charge in [-0.2, -0.15) is 13.2 Å². The molecule has 1 saturated heterocycles. The molecule has 8 heteroatoms. The molecule has 0 atom stereocenters. The summed E-state index contributed by atoms with van der Waals surface area (Å²) < 4.78 is 37.4. The van der Waals surface area contributed by atoms with Gasteiger partial charge in [-0.1, -0.05) is 12.1 Å². The third-order valence-electron chi connectivity index (χ3n) is 3.82. The van der Waals surface area contributed by atoms with Crippen molar-refractivity contribution in [3.8, 4) is 0 Å². The largest absolute Gasteiger partial charge is 0.416 e. The van der Waals surface area contributed by atoms with Crippen LogP contribution in [-0.2, 0) is 11.0 Å². The van der Waals surface area contributed by atoms with Crippen LogP contribution in [0.15, 0.2) is 30.3 Å². The standard InChI is InChI=1S/C16H18F3N3O2/c17-16(18,19)12-4-1-11(2-5-12)3-6-14(23)21-13-7-9-22(10-8-13)15(20)24/h1-6,13H,7-10H2,(H2,20,24)(H,21,23). The van der Waals surface area contributed by atoms with E-state index in [4.69, 9.17) is 5.73 Å². The molecule has 0 radical (unpaired) electrons. The molecule has 24 heavy (non-hydrogen) atoms. The predicted molar refractivity (Wildman–Crippen MR) is 82.8 cm³/mol. The van der Waals surface area contributed by atoms with E-state index >= 15 is 0 Å². The number of amides is 3. The van der Waals surface area contributed by atoms with Gasteiger partial charge in [-0.15, -0.1) is 0 Å². The second kappa shape index (κ2) is 7.37. The van der Waals surface area contributed by atoms with E-state index in [1.54, 1.807) is 0 Å². The third-order valence-corrected chi connectivity index (χ3v) is 3.82. The fourth-order valence-corrected chi connectivity index (χ4v) is 2.45. The average Bonchev–Trinajstić information content (AvgIpc) is 2.53. The third kappa shape index (κ3) is 5.00. The highest BCUT2D eigenvalue weighted by Crippen LogP contribution is 2.29. The minimum absolute atomic E-state index is 0.0506. The first kappa shape index (κ1) is 17.8. The maximum Gasteiger partial charge on any atom is 0.416 e. The number of hydrogen-bond donors (Lipinski definition) is 2. The van der Waals surface area contributed by atoms with Crippen molar-refractivity contribution >= 4 is 18.0 Å². The number of alkyl halides is 3. The molecule has 1 aliphatic rings. The molecule has 3 amide bonds. The first-order valence-corrected chi connectivity index (χ1v) is 7.46. The topological polar surface area (TPSA) is 75.4 Å². The molecule has 2 rings (SSSR count). The monoisotopic (exact) mass is 341 g/mol. The summed E-state index contributed by atoms with van der Waals surface area (Å²) in [4.78, 5) is 24.4. The van der Waals surface area contributed by atoms with Crippen LogP contribution in [0.1, 0.15) is 24.0 Å². The summed E-state index contributed by atoms with van der Waals surface area (Å²) in [6.07, 6.45) is -0.415. The highest BCUT2D eigenvalue weighted by Gasteiger charge is 2.29. The molecular weight excluding hydrogens is 323 g/mol. The highest BCUT2D eigenvalue weighted by molar-refractivity contribution is 5.91. The van der Waals surface area contributed by atoms with Crippen LogP contribution >= 0.6 is 0 Å². The molecule has 1 aliphatic heterocycles. The van der Waals surface area contributed by atoms with Gasteiger partial charge in [0, 0.05) is 25.2 Å². The summed E-state index contributed by atoms with van der Waals surface area (Å²) in [5, 5.41) is 2.80. The first-order chi connectivity index (χ1) is 11.3. The number of urea groups is 1. The molecule has 1 aromatic rings. The van der Waals surface area contributed by atoms with Crippen LogP contribution in [0, 0.1) is 0 Å². The smallest absolute Gasteiger partial charge is 0.351 e. The molecule has 1 aromatic carbocycles. The van der Waals surface area contributed by atoms with Gasteiger partial charge >= 0.3 is 12.2 Å². The van der Waals surface area contributed by atoms with Crippen LogP contribution in [0.25, 0.3) is 6.08 Å². The molecule has 1 fully saturated rings. The van der Waals surface area contributed by atoms with Crippen molar-refractivity contribution in [2.75, 3.05) is 13.1 Å².